The molecule has 24 heavy (non-hydrogen) atoms. The molecular weight excluding hydrogens is 349 g/mol. The van der Waals surface area contributed by atoms with Gasteiger partial charge < -0.3 is 5.11 Å². The minimum Gasteiger partial charge on any atom is -0.387 e. The van der Waals surface area contributed by atoms with Crippen LogP contribution in [0.4, 0.5) is 4.39 Å². The number of hydrogen-bond donors (Lipinski definition) is 2. The number of rotatable bonds is 4. The van der Waals surface area contributed by atoms with Crippen molar-refractivity contribution in [3.05, 3.63) is 40.9 Å². The van der Waals surface area contributed by atoms with Crippen LogP contribution in [0.2, 0.25) is 5.02 Å². The first-order chi connectivity index (χ1) is 11.2. The molecule has 2 aromatic rings. The standard InChI is InChI=1S/C17H21ClFN3OS/c1-16(2)6-5-12(7-11-3-4-13(19)8-14(11)18)17(16,23)9-22-15(24)20-10-21-22/h3-4,8,10,12,23H,5-7,9H2,1-2H3,(H,20,21,24). The van der Waals surface area contributed by atoms with Crippen molar-refractivity contribution in [2.45, 2.75) is 50.4 Å². The van der Waals surface area contributed by atoms with Crippen LogP contribution in [0, 0.1) is 17.2 Å². The molecule has 1 aromatic heterocycles. The largest absolute Gasteiger partial charge is 0.387 e. The Labute approximate surface area is 151 Å². The molecule has 1 fully saturated rings. The van der Waals surface area contributed by atoms with Crippen molar-refractivity contribution in [1.82, 2.24) is 14.8 Å². The molecule has 1 heterocycles. The second-order valence-electron chi connectivity index (χ2n) is 7.20. The number of aliphatic hydroxyl groups is 1. The molecule has 1 saturated carbocycles. The van der Waals surface area contributed by atoms with Crippen LogP contribution < -0.4 is 0 Å². The summed E-state index contributed by atoms with van der Waals surface area (Å²) in [5.74, 6) is -0.361. The van der Waals surface area contributed by atoms with E-state index in [1.54, 1.807) is 10.7 Å². The maximum Gasteiger partial charge on any atom is 0.183 e. The first-order valence-electron chi connectivity index (χ1n) is 7.96. The van der Waals surface area contributed by atoms with Gasteiger partial charge in [0.15, 0.2) is 5.16 Å². The van der Waals surface area contributed by atoms with E-state index in [1.165, 1.54) is 18.5 Å². The third-order valence-corrected chi connectivity index (χ3v) is 6.13. The van der Waals surface area contributed by atoms with Crippen LogP contribution in [0.3, 0.4) is 0 Å². The number of halogens is 2. The van der Waals surface area contributed by atoms with Gasteiger partial charge >= 0.3 is 0 Å². The van der Waals surface area contributed by atoms with Crippen molar-refractivity contribution in [3.8, 4) is 0 Å². The molecule has 2 unspecified atom stereocenters. The minimum absolute atomic E-state index is 0.00704. The lowest BCUT2D eigenvalue weighted by Gasteiger charge is -2.41. The van der Waals surface area contributed by atoms with Crippen molar-refractivity contribution in [2.75, 3.05) is 0 Å². The second kappa shape index (κ2) is 6.32. The van der Waals surface area contributed by atoms with Gasteiger partial charge in [-0.05, 0) is 48.3 Å². The van der Waals surface area contributed by atoms with Crippen LogP contribution in [0.1, 0.15) is 32.3 Å². The van der Waals surface area contributed by atoms with Crippen molar-refractivity contribution in [1.29, 1.82) is 0 Å². The van der Waals surface area contributed by atoms with Gasteiger partial charge in [-0.3, -0.25) is 0 Å². The Kier molecular flexibility index (Phi) is 4.66. The normalized spacial score (nSPS) is 26.0. The van der Waals surface area contributed by atoms with E-state index in [0.29, 0.717) is 23.1 Å². The lowest BCUT2D eigenvalue weighted by atomic mass is 9.72. The molecule has 1 aliphatic carbocycles. The Bertz CT molecular complexity index is 751. The molecule has 0 amide bonds. The Balaban J connectivity index is 1.90. The summed E-state index contributed by atoms with van der Waals surface area (Å²) in [6.45, 7) is 4.45. The Morgan fingerprint density at radius 2 is 2.21 bits per heavy atom. The van der Waals surface area contributed by atoms with Gasteiger partial charge in [-0.1, -0.05) is 31.5 Å². The van der Waals surface area contributed by atoms with E-state index < -0.39 is 5.60 Å². The molecule has 0 bridgehead atoms. The predicted octanol–water partition coefficient (Wildman–Crippen LogP) is 3.77. The first-order valence-corrected chi connectivity index (χ1v) is 8.78. The average Bonchev–Trinajstić information content (AvgIpc) is 2.98. The molecule has 0 spiro atoms. The summed E-state index contributed by atoms with van der Waals surface area (Å²) in [5.41, 5.74) is -0.407. The minimum atomic E-state index is -0.976. The topological polar surface area (TPSA) is 50.9 Å². The highest BCUT2D eigenvalue weighted by Crippen LogP contribution is 2.52. The monoisotopic (exact) mass is 369 g/mol. The van der Waals surface area contributed by atoms with E-state index in [0.717, 1.165) is 18.4 Å². The molecule has 1 N–H and O–H groups in total. The SMILES string of the molecule is CC1(C)CCC(Cc2ccc(F)cc2Cl)C1(O)Cn1ncnc1S. The second-order valence-corrected chi connectivity index (χ2v) is 8.01. The highest BCUT2D eigenvalue weighted by Gasteiger charge is 2.54. The Hall–Kier alpha value is -1.11. The zero-order valence-electron chi connectivity index (χ0n) is 13.7. The quantitative estimate of drug-likeness (QED) is 0.806. The van der Waals surface area contributed by atoms with Gasteiger partial charge in [-0.2, -0.15) is 5.10 Å². The van der Waals surface area contributed by atoms with E-state index >= 15 is 0 Å². The van der Waals surface area contributed by atoms with Crippen LogP contribution in [0.5, 0.6) is 0 Å². The molecule has 0 radical (unpaired) electrons. The van der Waals surface area contributed by atoms with Crippen LogP contribution >= 0.6 is 24.2 Å². The van der Waals surface area contributed by atoms with E-state index in [9.17, 15) is 9.50 Å². The van der Waals surface area contributed by atoms with E-state index in [4.69, 9.17) is 11.6 Å². The van der Waals surface area contributed by atoms with Gasteiger partial charge in [0.2, 0.25) is 0 Å². The van der Waals surface area contributed by atoms with Crippen molar-refractivity contribution < 1.29 is 9.50 Å². The third-order valence-electron chi connectivity index (χ3n) is 5.43. The van der Waals surface area contributed by atoms with Crippen LogP contribution in [0.25, 0.3) is 0 Å². The van der Waals surface area contributed by atoms with Crippen LogP contribution in [-0.4, -0.2) is 25.5 Å². The average molecular weight is 370 g/mol. The number of hydrogen-bond acceptors (Lipinski definition) is 4. The van der Waals surface area contributed by atoms with Gasteiger partial charge in [0.25, 0.3) is 0 Å². The molecular formula is C17H21ClFN3OS. The van der Waals surface area contributed by atoms with E-state index in [2.05, 4.69) is 36.6 Å². The number of thiol groups is 1. The van der Waals surface area contributed by atoms with Gasteiger partial charge in [0, 0.05) is 5.02 Å². The molecule has 130 valence electrons. The summed E-state index contributed by atoms with van der Waals surface area (Å²) in [6.07, 6.45) is 3.78. The van der Waals surface area contributed by atoms with Crippen molar-refractivity contribution >= 4 is 24.2 Å². The Morgan fingerprint density at radius 1 is 1.46 bits per heavy atom. The van der Waals surface area contributed by atoms with Gasteiger partial charge in [-0.25, -0.2) is 14.1 Å². The fourth-order valence-corrected chi connectivity index (χ4v) is 4.13. The van der Waals surface area contributed by atoms with Crippen molar-refractivity contribution in [2.24, 2.45) is 11.3 Å². The lowest BCUT2D eigenvalue weighted by molar-refractivity contribution is -0.0922. The van der Waals surface area contributed by atoms with Gasteiger partial charge in [-0.15, -0.1) is 12.6 Å². The van der Waals surface area contributed by atoms with Crippen LogP contribution in [0.15, 0.2) is 29.7 Å². The summed E-state index contributed by atoms with van der Waals surface area (Å²) in [4.78, 5) is 4.01. The maximum atomic E-state index is 13.3. The lowest BCUT2D eigenvalue weighted by Crippen LogP contribution is -2.49. The molecule has 0 aliphatic heterocycles. The van der Waals surface area contributed by atoms with E-state index in [-0.39, 0.29) is 17.2 Å². The fourth-order valence-electron chi connectivity index (χ4n) is 3.71. The highest BCUT2D eigenvalue weighted by molar-refractivity contribution is 7.80. The Morgan fingerprint density at radius 3 is 2.83 bits per heavy atom. The summed E-state index contributed by atoms with van der Waals surface area (Å²) in [7, 11) is 0. The van der Waals surface area contributed by atoms with Crippen molar-refractivity contribution in [3.63, 3.8) is 0 Å². The molecule has 4 nitrogen and oxygen atoms in total. The highest BCUT2D eigenvalue weighted by atomic mass is 35.5. The van der Waals surface area contributed by atoms with Crippen LogP contribution in [-0.2, 0) is 13.0 Å². The summed E-state index contributed by atoms with van der Waals surface area (Å²) in [5, 5.41) is 16.6. The predicted molar refractivity (Wildman–Crippen MR) is 93.8 cm³/mol. The zero-order chi connectivity index (χ0) is 17.5. The molecule has 1 aliphatic rings. The maximum absolute atomic E-state index is 13.3. The smallest absolute Gasteiger partial charge is 0.183 e. The van der Waals surface area contributed by atoms with E-state index in [1.807, 2.05) is 0 Å². The number of nitrogens with zero attached hydrogens (tertiary/aromatic N) is 3. The summed E-state index contributed by atoms with van der Waals surface area (Å²) >= 11 is 10.5. The third kappa shape index (κ3) is 3.07. The molecule has 2 atom stereocenters. The molecule has 1 aromatic carbocycles. The number of benzene rings is 1. The zero-order valence-corrected chi connectivity index (χ0v) is 15.4. The first kappa shape index (κ1) is 17.7. The summed E-state index contributed by atoms with van der Waals surface area (Å²) in [6, 6.07) is 4.42. The molecule has 0 saturated heterocycles. The molecule has 3 rings (SSSR count). The number of aromatic nitrogens is 3. The molecule has 7 heteroatoms. The van der Waals surface area contributed by atoms with Gasteiger partial charge in [0.1, 0.15) is 12.1 Å². The fraction of sp³-hybridized carbons (Fsp3) is 0.529. The summed E-state index contributed by atoms with van der Waals surface area (Å²) < 4.78 is 14.9. The van der Waals surface area contributed by atoms with Gasteiger partial charge in [0.05, 0.1) is 12.1 Å².